The average Bonchev–Trinajstić information content (AvgIpc) is 2.61. The molecule has 0 spiro atoms. The van der Waals surface area contributed by atoms with Crippen LogP contribution in [0.1, 0.15) is 34.9 Å². The van der Waals surface area contributed by atoms with Gasteiger partial charge in [-0.25, -0.2) is 4.79 Å². The van der Waals surface area contributed by atoms with Crippen LogP contribution in [0.4, 0.5) is 0 Å². The Morgan fingerprint density at radius 2 is 2.13 bits per heavy atom. The molecule has 0 amide bonds. The van der Waals surface area contributed by atoms with Gasteiger partial charge in [-0.05, 0) is 18.8 Å². The number of nitrogens with zero attached hydrogens (tertiary/aromatic N) is 1. The van der Waals surface area contributed by atoms with E-state index in [4.69, 9.17) is 21.4 Å². The summed E-state index contributed by atoms with van der Waals surface area (Å²) in [6, 6.07) is 0. The zero-order valence-electron chi connectivity index (χ0n) is 7.90. The van der Waals surface area contributed by atoms with Crippen molar-refractivity contribution in [2.75, 3.05) is 13.2 Å². The van der Waals surface area contributed by atoms with E-state index in [1.807, 2.05) is 0 Å². The fourth-order valence-electron chi connectivity index (χ4n) is 1.77. The van der Waals surface area contributed by atoms with E-state index in [2.05, 4.69) is 9.68 Å². The maximum Gasteiger partial charge on any atom is 0.375 e. The van der Waals surface area contributed by atoms with E-state index in [9.17, 15) is 4.79 Å². The third kappa shape index (κ3) is 1.98. The van der Waals surface area contributed by atoms with Crippen LogP contribution in [-0.2, 0) is 4.74 Å². The van der Waals surface area contributed by atoms with Crippen LogP contribution < -0.4 is 0 Å². The van der Waals surface area contributed by atoms with Gasteiger partial charge in [0.1, 0.15) is 0 Å². The lowest BCUT2D eigenvalue weighted by atomic mass is 9.92. The number of rotatable bonds is 2. The normalized spacial score (nSPS) is 17.9. The SMILES string of the molecule is O=C(O)c1onc(Cl)c1C1CCOCC1. The molecule has 82 valence electrons. The first-order valence-corrected chi connectivity index (χ1v) is 5.04. The van der Waals surface area contributed by atoms with Crippen molar-refractivity contribution in [3.63, 3.8) is 0 Å². The Labute approximate surface area is 91.0 Å². The van der Waals surface area contributed by atoms with Crippen molar-refractivity contribution in [1.29, 1.82) is 0 Å². The van der Waals surface area contributed by atoms with E-state index in [-0.39, 0.29) is 16.8 Å². The lowest BCUT2D eigenvalue weighted by Gasteiger charge is -2.21. The number of carbonyl (C=O) groups is 1. The van der Waals surface area contributed by atoms with Crippen molar-refractivity contribution in [2.45, 2.75) is 18.8 Å². The Hall–Kier alpha value is -1.07. The molecule has 1 N–H and O–H groups in total. The molecule has 0 atom stereocenters. The van der Waals surface area contributed by atoms with Gasteiger partial charge in [-0.2, -0.15) is 0 Å². The number of carboxylic acid groups (broad SMARTS) is 1. The second-order valence-electron chi connectivity index (χ2n) is 3.41. The van der Waals surface area contributed by atoms with Crippen LogP contribution >= 0.6 is 11.6 Å². The van der Waals surface area contributed by atoms with Crippen LogP contribution in [0.3, 0.4) is 0 Å². The molecule has 2 heterocycles. The summed E-state index contributed by atoms with van der Waals surface area (Å²) in [6.45, 7) is 1.23. The molecule has 0 aromatic carbocycles. The van der Waals surface area contributed by atoms with E-state index < -0.39 is 5.97 Å². The molecule has 1 aromatic heterocycles. The summed E-state index contributed by atoms with van der Waals surface area (Å²) >= 11 is 5.81. The highest BCUT2D eigenvalue weighted by Gasteiger charge is 2.28. The minimum atomic E-state index is -1.13. The molecule has 2 rings (SSSR count). The summed E-state index contributed by atoms with van der Waals surface area (Å²) < 4.78 is 9.88. The molecule has 1 saturated heterocycles. The molecular weight excluding hydrogens is 222 g/mol. The molecule has 1 aliphatic heterocycles. The van der Waals surface area contributed by atoms with Crippen molar-refractivity contribution in [3.8, 4) is 0 Å². The Kier molecular flexibility index (Phi) is 2.93. The third-order valence-corrected chi connectivity index (χ3v) is 2.78. The number of carboxylic acids is 1. The van der Waals surface area contributed by atoms with Crippen molar-refractivity contribution in [3.05, 3.63) is 16.5 Å². The number of aromatic nitrogens is 1. The maximum absolute atomic E-state index is 10.9. The third-order valence-electron chi connectivity index (χ3n) is 2.51. The van der Waals surface area contributed by atoms with Gasteiger partial charge in [-0.1, -0.05) is 16.8 Å². The molecule has 1 aliphatic rings. The lowest BCUT2D eigenvalue weighted by molar-refractivity contribution is 0.0639. The van der Waals surface area contributed by atoms with Crippen molar-refractivity contribution < 1.29 is 19.2 Å². The van der Waals surface area contributed by atoms with Gasteiger partial charge in [0.15, 0.2) is 5.15 Å². The summed E-state index contributed by atoms with van der Waals surface area (Å²) in [4.78, 5) is 10.9. The standard InChI is InChI=1S/C9H10ClNO4/c10-8-6(5-1-3-14-4-2-5)7(9(12)13)15-11-8/h5H,1-4H2,(H,12,13). The van der Waals surface area contributed by atoms with Gasteiger partial charge in [-0.3, -0.25) is 0 Å². The summed E-state index contributed by atoms with van der Waals surface area (Å²) in [5, 5.41) is 12.5. The van der Waals surface area contributed by atoms with E-state index in [1.165, 1.54) is 0 Å². The largest absolute Gasteiger partial charge is 0.475 e. The zero-order valence-corrected chi connectivity index (χ0v) is 8.66. The molecular formula is C9H10ClNO4. The smallest absolute Gasteiger partial charge is 0.375 e. The van der Waals surface area contributed by atoms with Gasteiger partial charge in [0.2, 0.25) is 5.76 Å². The fourth-order valence-corrected chi connectivity index (χ4v) is 2.05. The summed E-state index contributed by atoms with van der Waals surface area (Å²) in [5.41, 5.74) is 0.507. The Bertz CT molecular complexity index is 370. The molecule has 0 saturated carbocycles. The monoisotopic (exact) mass is 231 g/mol. The number of halogens is 1. The van der Waals surface area contributed by atoms with Crippen molar-refractivity contribution in [2.24, 2.45) is 0 Å². The van der Waals surface area contributed by atoms with E-state index >= 15 is 0 Å². The molecule has 1 fully saturated rings. The predicted molar refractivity (Wildman–Crippen MR) is 51.3 cm³/mol. The molecule has 5 nitrogen and oxygen atoms in total. The molecule has 0 bridgehead atoms. The first-order chi connectivity index (χ1) is 7.20. The second kappa shape index (κ2) is 4.20. The fraction of sp³-hybridized carbons (Fsp3) is 0.556. The van der Waals surface area contributed by atoms with E-state index in [0.29, 0.717) is 18.8 Å². The van der Waals surface area contributed by atoms with Crippen LogP contribution in [0.25, 0.3) is 0 Å². The van der Waals surface area contributed by atoms with E-state index in [1.54, 1.807) is 0 Å². The Morgan fingerprint density at radius 1 is 1.47 bits per heavy atom. The number of aromatic carboxylic acids is 1. The molecule has 0 radical (unpaired) electrons. The number of hydrogen-bond acceptors (Lipinski definition) is 4. The predicted octanol–water partition coefficient (Wildman–Crippen LogP) is 1.92. The first-order valence-electron chi connectivity index (χ1n) is 4.66. The van der Waals surface area contributed by atoms with Crippen LogP contribution in [0, 0.1) is 0 Å². The van der Waals surface area contributed by atoms with Crippen LogP contribution in [-0.4, -0.2) is 29.4 Å². The van der Waals surface area contributed by atoms with Gasteiger partial charge in [-0.15, -0.1) is 0 Å². The highest BCUT2D eigenvalue weighted by atomic mass is 35.5. The quantitative estimate of drug-likeness (QED) is 0.842. The minimum absolute atomic E-state index is 0.0728. The van der Waals surface area contributed by atoms with Gasteiger partial charge in [0, 0.05) is 18.8 Å². The first kappa shape index (κ1) is 10.4. The van der Waals surface area contributed by atoms with E-state index in [0.717, 1.165) is 12.8 Å². The maximum atomic E-state index is 10.9. The van der Waals surface area contributed by atoms with Crippen molar-refractivity contribution >= 4 is 17.6 Å². The van der Waals surface area contributed by atoms with Gasteiger partial charge in [0.05, 0.1) is 0 Å². The lowest BCUT2D eigenvalue weighted by Crippen LogP contribution is -2.16. The number of ether oxygens (including phenoxy) is 1. The Balaban J connectivity index is 2.32. The molecule has 1 aromatic rings. The highest BCUT2D eigenvalue weighted by molar-refractivity contribution is 6.30. The molecule has 6 heteroatoms. The summed E-state index contributed by atoms with van der Waals surface area (Å²) in [6.07, 6.45) is 1.50. The van der Waals surface area contributed by atoms with Crippen LogP contribution in [0.2, 0.25) is 5.15 Å². The van der Waals surface area contributed by atoms with Crippen LogP contribution in [0.15, 0.2) is 4.52 Å². The average molecular weight is 232 g/mol. The van der Waals surface area contributed by atoms with Gasteiger partial charge in [0.25, 0.3) is 0 Å². The second-order valence-corrected chi connectivity index (χ2v) is 3.77. The highest BCUT2D eigenvalue weighted by Crippen LogP contribution is 2.34. The zero-order chi connectivity index (χ0) is 10.8. The van der Waals surface area contributed by atoms with Crippen LogP contribution in [0.5, 0.6) is 0 Å². The number of hydrogen-bond donors (Lipinski definition) is 1. The molecule has 0 unspecified atom stereocenters. The topological polar surface area (TPSA) is 72.6 Å². The summed E-state index contributed by atoms with van der Waals surface area (Å²) in [7, 11) is 0. The van der Waals surface area contributed by atoms with Gasteiger partial charge >= 0.3 is 5.97 Å². The van der Waals surface area contributed by atoms with Gasteiger partial charge < -0.3 is 14.4 Å². The Morgan fingerprint density at radius 3 is 2.73 bits per heavy atom. The summed E-state index contributed by atoms with van der Waals surface area (Å²) in [5.74, 6) is -1.20. The minimum Gasteiger partial charge on any atom is -0.475 e. The molecule has 15 heavy (non-hydrogen) atoms. The molecule has 0 aliphatic carbocycles. The van der Waals surface area contributed by atoms with Crippen molar-refractivity contribution in [1.82, 2.24) is 5.16 Å².